The maximum Gasteiger partial charge on any atom is 0.416 e. The molecule has 0 radical (unpaired) electrons. The summed E-state index contributed by atoms with van der Waals surface area (Å²) in [5, 5.41) is 6.64. The van der Waals surface area contributed by atoms with Crippen LogP contribution in [0.3, 0.4) is 0 Å². The first kappa shape index (κ1) is 15.4. The average molecular weight is 343 g/mol. The summed E-state index contributed by atoms with van der Waals surface area (Å²) < 4.78 is 44.3. The maximum atomic E-state index is 13.0. The lowest BCUT2D eigenvalue weighted by molar-refractivity contribution is -0.138. The zero-order valence-corrected chi connectivity index (χ0v) is 12.2. The van der Waals surface area contributed by atoms with Crippen LogP contribution < -0.4 is 10.5 Å². The van der Waals surface area contributed by atoms with E-state index in [-0.39, 0.29) is 28.9 Å². The lowest BCUT2D eigenvalue weighted by Crippen LogP contribution is -2.11. The predicted molar refractivity (Wildman–Crippen MR) is 79.1 cm³/mol. The number of ether oxygens (including phenoxy) is 1. The first-order valence-corrected chi connectivity index (χ1v) is 6.81. The van der Waals surface area contributed by atoms with Crippen LogP contribution in [0, 0.1) is 0 Å². The van der Waals surface area contributed by atoms with E-state index < -0.39 is 11.7 Å². The van der Waals surface area contributed by atoms with Gasteiger partial charge < -0.3 is 10.5 Å². The highest BCUT2D eigenvalue weighted by Gasteiger charge is 2.33. The molecule has 5 nitrogen and oxygen atoms in total. The fraction of sp³-hybridized carbons (Fsp3) is 0.143. The Morgan fingerprint density at radius 2 is 2.00 bits per heavy atom. The van der Waals surface area contributed by atoms with Crippen LogP contribution in [0.1, 0.15) is 11.1 Å². The van der Waals surface area contributed by atoms with Gasteiger partial charge >= 0.3 is 6.18 Å². The van der Waals surface area contributed by atoms with Gasteiger partial charge in [0.2, 0.25) is 5.88 Å². The van der Waals surface area contributed by atoms with Crippen molar-refractivity contribution in [2.24, 2.45) is 0 Å². The minimum atomic E-state index is -4.49. The van der Waals surface area contributed by atoms with Crippen molar-refractivity contribution in [2.75, 3.05) is 5.73 Å². The van der Waals surface area contributed by atoms with Crippen molar-refractivity contribution in [3.05, 3.63) is 46.5 Å². The van der Waals surface area contributed by atoms with Crippen LogP contribution in [0.15, 0.2) is 30.3 Å². The molecule has 120 valence electrons. The van der Waals surface area contributed by atoms with Gasteiger partial charge in [-0.3, -0.25) is 5.10 Å². The number of aromatic nitrogens is 3. The minimum Gasteiger partial charge on any atom is -0.473 e. The van der Waals surface area contributed by atoms with E-state index in [1.54, 1.807) is 6.07 Å². The fourth-order valence-corrected chi connectivity index (χ4v) is 2.29. The standard InChI is InChI=1S/C14H10ClF3N4O/c15-8-1-2-9(14(16,17)18)7(5-8)6-23-11-4-3-10-12(20-11)13(19)22-21-10/h1-5H,6H2,(H3,19,21,22). The number of hydrogen-bond donors (Lipinski definition) is 2. The van der Waals surface area contributed by atoms with Gasteiger partial charge in [0.15, 0.2) is 5.82 Å². The Balaban J connectivity index is 1.87. The highest BCUT2D eigenvalue weighted by molar-refractivity contribution is 6.30. The molecule has 0 aliphatic heterocycles. The van der Waals surface area contributed by atoms with Crippen molar-refractivity contribution in [1.29, 1.82) is 0 Å². The third-order valence-electron chi connectivity index (χ3n) is 3.16. The lowest BCUT2D eigenvalue weighted by Gasteiger charge is -2.13. The molecule has 3 aromatic rings. The molecule has 0 spiro atoms. The Morgan fingerprint density at radius 1 is 1.22 bits per heavy atom. The largest absolute Gasteiger partial charge is 0.473 e. The zero-order chi connectivity index (χ0) is 16.6. The molecule has 0 unspecified atom stereocenters. The van der Waals surface area contributed by atoms with Gasteiger partial charge in [-0.2, -0.15) is 18.3 Å². The van der Waals surface area contributed by atoms with Gasteiger partial charge in [0.25, 0.3) is 0 Å². The highest BCUT2D eigenvalue weighted by Crippen LogP contribution is 2.33. The van der Waals surface area contributed by atoms with E-state index in [2.05, 4.69) is 15.2 Å². The number of benzene rings is 1. The second-order valence-electron chi connectivity index (χ2n) is 4.74. The number of fused-ring (bicyclic) bond motifs is 1. The van der Waals surface area contributed by atoms with Crippen molar-refractivity contribution in [2.45, 2.75) is 12.8 Å². The quantitative estimate of drug-likeness (QED) is 0.759. The average Bonchev–Trinajstić information content (AvgIpc) is 2.85. The van der Waals surface area contributed by atoms with Crippen molar-refractivity contribution in [3.63, 3.8) is 0 Å². The molecule has 0 fully saturated rings. The Morgan fingerprint density at radius 3 is 2.74 bits per heavy atom. The first-order chi connectivity index (χ1) is 10.8. The second kappa shape index (κ2) is 5.62. The molecular formula is C14H10ClF3N4O. The normalized spacial score (nSPS) is 11.8. The van der Waals surface area contributed by atoms with Crippen molar-refractivity contribution in [3.8, 4) is 5.88 Å². The van der Waals surface area contributed by atoms with Crippen molar-refractivity contribution >= 4 is 28.5 Å². The number of nitrogens with one attached hydrogen (secondary N) is 1. The first-order valence-electron chi connectivity index (χ1n) is 6.43. The van der Waals surface area contributed by atoms with E-state index in [0.29, 0.717) is 11.0 Å². The summed E-state index contributed by atoms with van der Waals surface area (Å²) >= 11 is 5.77. The zero-order valence-electron chi connectivity index (χ0n) is 11.5. The number of aromatic amines is 1. The Kier molecular flexibility index (Phi) is 3.77. The molecule has 23 heavy (non-hydrogen) atoms. The van der Waals surface area contributed by atoms with Crippen LogP contribution in [-0.2, 0) is 12.8 Å². The van der Waals surface area contributed by atoms with Crippen molar-refractivity contribution in [1.82, 2.24) is 15.2 Å². The number of anilines is 1. The van der Waals surface area contributed by atoms with Crippen LogP contribution in [0.4, 0.5) is 19.0 Å². The topological polar surface area (TPSA) is 76.8 Å². The molecule has 0 saturated heterocycles. The molecule has 0 amide bonds. The number of nitrogens with zero attached hydrogens (tertiary/aromatic N) is 2. The molecule has 2 aromatic heterocycles. The number of rotatable bonds is 3. The van der Waals surface area contributed by atoms with E-state index >= 15 is 0 Å². The molecular weight excluding hydrogens is 333 g/mol. The van der Waals surface area contributed by atoms with Crippen LogP contribution >= 0.6 is 11.6 Å². The highest BCUT2D eigenvalue weighted by atomic mass is 35.5. The molecule has 9 heteroatoms. The van der Waals surface area contributed by atoms with Crippen LogP contribution in [0.25, 0.3) is 11.0 Å². The molecule has 0 atom stereocenters. The smallest absolute Gasteiger partial charge is 0.416 e. The monoisotopic (exact) mass is 342 g/mol. The molecule has 1 aromatic carbocycles. The minimum absolute atomic E-state index is 0.0768. The summed E-state index contributed by atoms with van der Waals surface area (Å²) in [4.78, 5) is 4.11. The fourth-order valence-electron chi connectivity index (χ4n) is 2.09. The summed E-state index contributed by atoms with van der Waals surface area (Å²) in [6.07, 6.45) is -4.49. The Bertz CT molecular complexity index is 863. The molecule has 3 rings (SSSR count). The molecule has 2 heterocycles. The summed E-state index contributed by atoms with van der Waals surface area (Å²) in [5.74, 6) is 0.322. The molecule has 0 aliphatic carbocycles. The summed E-state index contributed by atoms with van der Waals surface area (Å²) in [7, 11) is 0. The number of nitrogen functional groups attached to an aromatic ring is 1. The lowest BCUT2D eigenvalue weighted by atomic mass is 10.1. The molecule has 0 saturated carbocycles. The van der Waals surface area contributed by atoms with E-state index in [0.717, 1.165) is 6.07 Å². The summed E-state index contributed by atoms with van der Waals surface area (Å²) in [6, 6.07) is 6.46. The molecule has 0 aliphatic rings. The number of alkyl halides is 3. The van der Waals surface area contributed by atoms with Gasteiger partial charge in [0, 0.05) is 16.7 Å². The third-order valence-corrected chi connectivity index (χ3v) is 3.39. The Labute approximate surface area is 133 Å². The van der Waals surface area contributed by atoms with Crippen LogP contribution in [-0.4, -0.2) is 15.2 Å². The summed E-state index contributed by atoms with van der Waals surface area (Å²) in [6.45, 7) is -0.328. The predicted octanol–water partition coefficient (Wildman–Crippen LogP) is 3.79. The van der Waals surface area contributed by atoms with Crippen molar-refractivity contribution < 1.29 is 17.9 Å². The van der Waals surface area contributed by atoms with E-state index in [4.69, 9.17) is 22.1 Å². The second-order valence-corrected chi connectivity index (χ2v) is 5.18. The van der Waals surface area contributed by atoms with Gasteiger partial charge in [0.1, 0.15) is 12.1 Å². The number of nitrogens with two attached hydrogens (primary N) is 1. The van der Waals surface area contributed by atoms with Gasteiger partial charge in [-0.1, -0.05) is 11.6 Å². The van der Waals surface area contributed by atoms with Crippen LogP contribution in [0.5, 0.6) is 5.88 Å². The molecule has 3 N–H and O–H groups in total. The van der Waals surface area contributed by atoms with Gasteiger partial charge in [0.05, 0.1) is 11.1 Å². The van der Waals surface area contributed by atoms with E-state index in [1.807, 2.05) is 0 Å². The van der Waals surface area contributed by atoms with Gasteiger partial charge in [-0.25, -0.2) is 4.98 Å². The van der Waals surface area contributed by atoms with Gasteiger partial charge in [-0.05, 0) is 24.3 Å². The maximum absolute atomic E-state index is 13.0. The number of hydrogen-bond acceptors (Lipinski definition) is 4. The number of halogens is 4. The summed E-state index contributed by atoms with van der Waals surface area (Å²) in [5.41, 5.74) is 5.75. The number of H-pyrrole nitrogens is 1. The van der Waals surface area contributed by atoms with E-state index in [1.165, 1.54) is 18.2 Å². The van der Waals surface area contributed by atoms with Gasteiger partial charge in [-0.15, -0.1) is 0 Å². The molecule has 0 bridgehead atoms. The Hall–Kier alpha value is -2.48. The third kappa shape index (κ3) is 3.16. The van der Waals surface area contributed by atoms with E-state index in [9.17, 15) is 13.2 Å². The SMILES string of the molecule is Nc1n[nH]c2ccc(OCc3cc(Cl)ccc3C(F)(F)F)nc12. The van der Waals surface area contributed by atoms with Crippen LogP contribution in [0.2, 0.25) is 5.02 Å². The number of pyridine rings is 1.